The van der Waals surface area contributed by atoms with E-state index in [2.05, 4.69) is 4.74 Å². The molecule has 20 heavy (non-hydrogen) atoms. The molecule has 0 heterocycles. The van der Waals surface area contributed by atoms with Crippen LogP contribution >= 0.6 is 0 Å². The highest BCUT2D eigenvalue weighted by atomic mass is 19.3. The maximum Gasteiger partial charge on any atom is 0.387 e. The van der Waals surface area contributed by atoms with Crippen LogP contribution in [0.2, 0.25) is 0 Å². The number of benzene rings is 1. The first-order valence-electron chi connectivity index (χ1n) is 4.94. The molecular weight excluding hydrogens is 278 g/mol. The third-order valence-corrected chi connectivity index (χ3v) is 2.09. The molecule has 0 unspecified atom stereocenters. The fraction of sp³-hybridized carbons (Fsp3) is 0.0909. The van der Waals surface area contributed by atoms with Crippen LogP contribution in [0, 0.1) is 21.4 Å². The fourth-order valence-electron chi connectivity index (χ4n) is 1.36. The number of ether oxygens (including phenoxy) is 1. The van der Waals surface area contributed by atoms with Gasteiger partial charge in [-0.3, -0.25) is 10.1 Å². The van der Waals surface area contributed by atoms with Gasteiger partial charge in [0.25, 0.3) is 5.69 Å². The van der Waals surface area contributed by atoms with Crippen molar-refractivity contribution >= 4 is 17.7 Å². The average Bonchev–Trinajstić information content (AvgIpc) is 2.35. The summed E-state index contributed by atoms with van der Waals surface area (Å²) < 4.78 is 28.7. The number of hydrogen-bond donors (Lipinski definition) is 1. The van der Waals surface area contributed by atoms with E-state index in [1.807, 2.05) is 0 Å². The summed E-state index contributed by atoms with van der Waals surface area (Å²) in [5.74, 6) is -2.10. The number of alkyl halides is 2. The molecule has 0 spiro atoms. The van der Waals surface area contributed by atoms with Crippen molar-refractivity contribution in [2.45, 2.75) is 6.61 Å². The molecule has 1 aromatic carbocycles. The minimum absolute atomic E-state index is 0.185. The number of aliphatic carboxylic acids is 1. The van der Waals surface area contributed by atoms with E-state index in [4.69, 9.17) is 10.4 Å². The van der Waals surface area contributed by atoms with Gasteiger partial charge in [0.2, 0.25) is 0 Å². The van der Waals surface area contributed by atoms with Crippen LogP contribution in [-0.2, 0) is 4.79 Å². The van der Waals surface area contributed by atoms with E-state index in [1.165, 1.54) is 6.07 Å². The molecule has 0 saturated heterocycles. The van der Waals surface area contributed by atoms with Crippen LogP contribution < -0.4 is 4.74 Å². The summed E-state index contributed by atoms with van der Waals surface area (Å²) in [5.41, 5.74) is -1.60. The monoisotopic (exact) mass is 284 g/mol. The van der Waals surface area contributed by atoms with Gasteiger partial charge in [-0.15, -0.1) is 0 Å². The normalized spacial score (nSPS) is 10.5. The zero-order chi connectivity index (χ0) is 15.3. The lowest BCUT2D eigenvalue weighted by Crippen LogP contribution is -2.07. The van der Waals surface area contributed by atoms with Crippen molar-refractivity contribution in [1.29, 1.82) is 5.26 Å². The highest BCUT2D eigenvalue weighted by Crippen LogP contribution is 2.33. The summed E-state index contributed by atoms with van der Waals surface area (Å²) in [6.45, 7) is -3.32. The van der Waals surface area contributed by atoms with Crippen LogP contribution in [0.4, 0.5) is 14.5 Å². The van der Waals surface area contributed by atoms with Gasteiger partial charge in [-0.05, 0) is 12.1 Å². The van der Waals surface area contributed by atoms with Gasteiger partial charge in [-0.2, -0.15) is 14.0 Å². The Bertz CT molecular complexity index is 622. The molecule has 0 bridgehead atoms. The lowest BCUT2D eigenvalue weighted by Gasteiger charge is -2.09. The van der Waals surface area contributed by atoms with Crippen LogP contribution in [-0.4, -0.2) is 22.6 Å². The van der Waals surface area contributed by atoms with Gasteiger partial charge >= 0.3 is 12.6 Å². The third-order valence-electron chi connectivity index (χ3n) is 2.09. The van der Waals surface area contributed by atoms with Crippen molar-refractivity contribution < 1.29 is 28.3 Å². The molecule has 1 aromatic rings. The molecule has 104 valence electrons. The Morgan fingerprint density at radius 1 is 1.55 bits per heavy atom. The number of nitro benzene ring substituents is 1. The first-order valence-corrected chi connectivity index (χ1v) is 4.94. The van der Waals surface area contributed by atoms with Crippen molar-refractivity contribution in [2.75, 3.05) is 0 Å². The van der Waals surface area contributed by atoms with Gasteiger partial charge in [0.15, 0.2) is 11.3 Å². The van der Waals surface area contributed by atoms with Crippen molar-refractivity contribution in [2.24, 2.45) is 0 Å². The number of nitrogens with zero attached hydrogens (tertiary/aromatic N) is 2. The average molecular weight is 284 g/mol. The topological polar surface area (TPSA) is 113 Å². The van der Waals surface area contributed by atoms with Gasteiger partial charge < -0.3 is 9.84 Å². The van der Waals surface area contributed by atoms with Crippen LogP contribution in [0.5, 0.6) is 5.75 Å². The molecule has 0 saturated carbocycles. The van der Waals surface area contributed by atoms with E-state index in [0.717, 1.165) is 18.2 Å². The largest absolute Gasteiger partial charge is 0.478 e. The summed E-state index contributed by atoms with van der Waals surface area (Å²) in [7, 11) is 0. The maximum atomic E-state index is 12.3. The summed E-state index contributed by atoms with van der Waals surface area (Å²) in [6, 6.07) is 3.31. The van der Waals surface area contributed by atoms with Gasteiger partial charge in [0.1, 0.15) is 6.07 Å². The second-order valence-corrected chi connectivity index (χ2v) is 3.30. The molecule has 1 N–H and O–H groups in total. The zero-order valence-electron chi connectivity index (χ0n) is 9.62. The van der Waals surface area contributed by atoms with E-state index < -0.39 is 34.5 Å². The minimum atomic E-state index is -3.32. The molecular formula is C11H6F2N2O5. The van der Waals surface area contributed by atoms with Crippen LogP contribution in [0.3, 0.4) is 0 Å². The first kappa shape index (κ1) is 15.0. The smallest absolute Gasteiger partial charge is 0.387 e. The van der Waals surface area contributed by atoms with Gasteiger partial charge in [0.05, 0.1) is 4.92 Å². The maximum absolute atomic E-state index is 12.3. The molecule has 0 amide bonds. The van der Waals surface area contributed by atoms with Crippen molar-refractivity contribution in [3.05, 3.63) is 39.4 Å². The van der Waals surface area contributed by atoms with E-state index in [0.29, 0.717) is 6.08 Å². The summed E-state index contributed by atoms with van der Waals surface area (Å²) in [6.07, 6.45) is 1.52. The van der Waals surface area contributed by atoms with Crippen molar-refractivity contribution in [3.8, 4) is 11.8 Å². The quantitative estimate of drug-likeness (QED) is 0.503. The Morgan fingerprint density at radius 2 is 2.20 bits per heavy atom. The number of carboxylic acids is 1. The Kier molecular flexibility index (Phi) is 4.69. The molecule has 0 atom stereocenters. The zero-order valence-corrected chi connectivity index (χ0v) is 9.62. The SMILES string of the molecule is N#Cc1c([N+](=O)[O-])ccc(/C=C/C(=O)O)c1OC(F)F. The van der Waals surface area contributed by atoms with Gasteiger partial charge in [-0.1, -0.05) is 0 Å². The molecule has 0 aliphatic carbocycles. The molecule has 1 rings (SSSR count). The molecule has 7 nitrogen and oxygen atoms in total. The number of carbonyl (C=O) groups is 1. The summed E-state index contributed by atoms with van der Waals surface area (Å²) in [4.78, 5) is 20.2. The third kappa shape index (κ3) is 3.49. The number of nitriles is 1. The first-order chi connectivity index (χ1) is 9.36. The standard InChI is InChI=1S/C11H6F2N2O5/c12-11(13)20-10-6(2-4-9(16)17)1-3-8(15(18)19)7(10)5-14/h1-4,11H,(H,16,17)/b4-2+. The lowest BCUT2D eigenvalue weighted by atomic mass is 10.1. The molecule has 0 aliphatic heterocycles. The Morgan fingerprint density at radius 3 is 2.65 bits per heavy atom. The lowest BCUT2D eigenvalue weighted by molar-refractivity contribution is -0.385. The van der Waals surface area contributed by atoms with E-state index in [9.17, 15) is 23.7 Å². The molecule has 9 heteroatoms. The summed E-state index contributed by atoms with van der Waals surface area (Å²) in [5, 5.41) is 28.0. The van der Waals surface area contributed by atoms with Gasteiger partial charge in [-0.25, -0.2) is 4.79 Å². The molecule has 0 radical (unpaired) electrons. The van der Waals surface area contributed by atoms with E-state index >= 15 is 0 Å². The Hall–Kier alpha value is -3.02. The van der Waals surface area contributed by atoms with Crippen molar-refractivity contribution in [3.63, 3.8) is 0 Å². The van der Waals surface area contributed by atoms with Crippen LogP contribution in [0.25, 0.3) is 6.08 Å². The molecule has 0 aliphatic rings. The highest BCUT2D eigenvalue weighted by molar-refractivity contribution is 5.86. The summed E-state index contributed by atoms with van der Waals surface area (Å²) >= 11 is 0. The van der Waals surface area contributed by atoms with E-state index in [1.54, 1.807) is 0 Å². The molecule has 0 fully saturated rings. The van der Waals surface area contributed by atoms with E-state index in [-0.39, 0.29) is 5.56 Å². The highest BCUT2D eigenvalue weighted by Gasteiger charge is 2.23. The number of carboxylic acid groups (broad SMARTS) is 1. The second kappa shape index (κ2) is 6.24. The fourth-order valence-corrected chi connectivity index (χ4v) is 1.36. The number of hydrogen-bond acceptors (Lipinski definition) is 5. The molecule has 0 aromatic heterocycles. The minimum Gasteiger partial charge on any atom is -0.478 e. The predicted molar refractivity (Wildman–Crippen MR) is 61.1 cm³/mol. The predicted octanol–water partition coefficient (Wildman–Crippen LogP) is 2.17. The number of halogens is 2. The van der Waals surface area contributed by atoms with Gasteiger partial charge in [0, 0.05) is 17.7 Å². The second-order valence-electron chi connectivity index (χ2n) is 3.30. The Labute approximate surface area is 110 Å². The van der Waals surface area contributed by atoms with Crippen LogP contribution in [0.1, 0.15) is 11.1 Å². The van der Waals surface area contributed by atoms with Crippen molar-refractivity contribution in [1.82, 2.24) is 0 Å². The Balaban J connectivity index is 3.49. The van der Waals surface area contributed by atoms with Crippen LogP contribution in [0.15, 0.2) is 18.2 Å². The number of rotatable bonds is 5. The number of nitro groups is 1.